The zero-order valence-electron chi connectivity index (χ0n) is 11.3. The lowest BCUT2D eigenvalue weighted by atomic mass is 10.2. The maximum Gasteiger partial charge on any atom is 0.286 e. The average Bonchev–Trinajstić information content (AvgIpc) is 2.48. The predicted octanol–water partition coefficient (Wildman–Crippen LogP) is 2.02. The lowest BCUT2D eigenvalue weighted by Gasteiger charge is -2.28. The second-order valence-electron chi connectivity index (χ2n) is 4.42. The Morgan fingerprint density at radius 3 is 2.53 bits per heavy atom. The number of hydrogen-bond donors (Lipinski definition) is 0. The van der Waals surface area contributed by atoms with E-state index in [1.54, 1.807) is 38.3 Å². The minimum atomic E-state index is -0.563. The Hall–Kier alpha value is -1.75. The molecule has 1 fully saturated rings. The fraction of sp³-hybridized carbons (Fsp3) is 0.500. The van der Waals surface area contributed by atoms with Crippen LogP contribution in [0.2, 0.25) is 0 Å². The summed E-state index contributed by atoms with van der Waals surface area (Å²) in [7, 11) is 1.61. The first kappa shape index (κ1) is 13.7. The van der Waals surface area contributed by atoms with Crippen LogP contribution in [0, 0.1) is 0 Å². The molecule has 1 heterocycles. The number of amides is 1. The van der Waals surface area contributed by atoms with E-state index in [0.717, 1.165) is 18.6 Å². The minimum absolute atomic E-state index is 0.143. The molecule has 0 spiro atoms. The maximum absolute atomic E-state index is 12.1. The lowest BCUT2D eigenvalue weighted by molar-refractivity contribution is -0.202. The van der Waals surface area contributed by atoms with Gasteiger partial charge in [-0.1, -0.05) is 0 Å². The van der Waals surface area contributed by atoms with Gasteiger partial charge in [0, 0.05) is 6.54 Å². The van der Waals surface area contributed by atoms with Crippen LogP contribution in [0.15, 0.2) is 24.3 Å². The van der Waals surface area contributed by atoms with Crippen LogP contribution < -0.4 is 9.47 Å². The fourth-order valence-electron chi connectivity index (χ4n) is 1.88. The second-order valence-corrected chi connectivity index (χ2v) is 4.42. The largest absolute Gasteiger partial charge is 0.497 e. The number of hydroxylamine groups is 2. The van der Waals surface area contributed by atoms with E-state index in [1.807, 2.05) is 0 Å². The molecular formula is C14H19NO4. The summed E-state index contributed by atoms with van der Waals surface area (Å²) in [4.78, 5) is 17.4. The SMILES string of the molecule is COc1ccc(OC(C)C(=O)N2CCCCO2)cc1. The van der Waals surface area contributed by atoms with Crippen LogP contribution >= 0.6 is 0 Å². The summed E-state index contributed by atoms with van der Waals surface area (Å²) in [5.74, 6) is 1.25. The van der Waals surface area contributed by atoms with Crippen LogP contribution in [-0.4, -0.2) is 37.3 Å². The van der Waals surface area contributed by atoms with Gasteiger partial charge in [-0.2, -0.15) is 0 Å². The highest BCUT2D eigenvalue weighted by atomic mass is 16.7. The van der Waals surface area contributed by atoms with Crippen molar-refractivity contribution < 1.29 is 19.1 Å². The van der Waals surface area contributed by atoms with Gasteiger partial charge in [0.05, 0.1) is 13.7 Å². The molecule has 0 aliphatic carbocycles. The van der Waals surface area contributed by atoms with Gasteiger partial charge in [-0.05, 0) is 44.0 Å². The minimum Gasteiger partial charge on any atom is -0.497 e. The van der Waals surface area contributed by atoms with Gasteiger partial charge < -0.3 is 9.47 Å². The highest BCUT2D eigenvalue weighted by Gasteiger charge is 2.24. The molecule has 0 radical (unpaired) electrons. The third-order valence-electron chi connectivity index (χ3n) is 2.97. The zero-order chi connectivity index (χ0) is 13.7. The Balaban J connectivity index is 1.91. The Morgan fingerprint density at radius 1 is 1.26 bits per heavy atom. The van der Waals surface area contributed by atoms with Crippen LogP contribution in [0.3, 0.4) is 0 Å². The topological polar surface area (TPSA) is 48.0 Å². The normalized spacial score (nSPS) is 16.8. The Kier molecular flexibility index (Phi) is 4.63. The van der Waals surface area contributed by atoms with E-state index in [-0.39, 0.29) is 5.91 Å². The number of benzene rings is 1. The number of ether oxygens (including phenoxy) is 2. The van der Waals surface area contributed by atoms with Gasteiger partial charge in [0.2, 0.25) is 0 Å². The molecule has 5 heteroatoms. The summed E-state index contributed by atoms with van der Waals surface area (Å²) in [5.41, 5.74) is 0. The molecule has 0 saturated carbocycles. The summed E-state index contributed by atoms with van der Waals surface area (Å²) in [5, 5.41) is 1.40. The lowest BCUT2D eigenvalue weighted by Crippen LogP contribution is -2.43. The smallest absolute Gasteiger partial charge is 0.286 e. The molecule has 5 nitrogen and oxygen atoms in total. The first-order chi connectivity index (χ1) is 9.20. The van der Waals surface area contributed by atoms with Gasteiger partial charge >= 0.3 is 0 Å². The number of carbonyl (C=O) groups excluding carboxylic acids is 1. The standard InChI is InChI=1S/C14H19NO4/c1-11(14(16)15-9-3-4-10-18-15)19-13-7-5-12(17-2)6-8-13/h5-8,11H,3-4,9-10H2,1-2H3. The first-order valence-electron chi connectivity index (χ1n) is 6.45. The van der Waals surface area contributed by atoms with E-state index < -0.39 is 6.10 Å². The molecule has 1 unspecified atom stereocenters. The van der Waals surface area contributed by atoms with Crippen molar-refractivity contribution in [2.75, 3.05) is 20.3 Å². The number of carbonyl (C=O) groups is 1. The third kappa shape index (κ3) is 3.61. The van der Waals surface area contributed by atoms with Crippen LogP contribution in [0.5, 0.6) is 11.5 Å². The van der Waals surface area contributed by atoms with Crippen LogP contribution in [0.25, 0.3) is 0 Å². The summed E-state index contributed by atoms with van der Waals surface area (Å²) in [6, 6.07) is 7.15. The molecular weight excluding hydrogens is 246 g/mol. The molecule has 1 amide bonds. The van der Waals surface area contributed by atoms with Crippen molar-refractivity contribution in [3.05, 3.63) is 24.3 Å². The van der Waals surface area contributed by atoms with Gasteiger partial charge in [0.1, 0.15) is 11.5 Å². The molecule has 1 aliphatic rings. The van der Waals surface area contributed by atoms with E-state index >= 15 is 0 Å². The molecule has 0 N–H and O–H groups in total. The Labute approximate surface area is 113 Å². The maximum atomic E-state index is 12.1. The molecule has 1 saturated heterocycles. The summed E-state index contributed by atoms with van der Waals surface area (Å²) in [6.07, 6.45) is 1.41. The van der Waals surface area contributed by atoms with Crippen molar-refractivity contribution in [3.63, 3.8) is 0 Å². The van der Waals surface area contributed by atoms with Crippen LogP contribution in [0.4, 0.5) is 0 Å². The summed E-state index contributed by atoms with van der Waals surface area (Å²) >= 11 is 0. The predicted molar refractivity (Wildman–Crippen MR) is 70.0 cm³/mol. The highest BCUT2D eigenvalue weighted by Crippen LogP contribution is 2.19. The van der Waals surface area contributed by atoms with E-state index in [1.165, 1.54) is 5.06 Å². The molecule has 1 atom stereocenters. The van der Waals surface area contributed by atoms with E-state index in [2.05, 4.69) is 0 Å². The monoisotopic (exact) mass is 265 g/mol. The number of hydrogen-bond acceptors (Lipinski definition) is 4. The number of methoxy groups -OCH3 is 1. The van der Waals surface area contributed by atoms with Crippen LogP contribution in [0.1, 0.15) is 19.8 Å². The first-order valence-corrected chi connectivity index (χ1v) is 6.45. The summed E-state index contributed by atoms with van der Waals surface area (Å²) < 4.78 is 10.7. The molecule has 19 heavy (non-hydrogen) atoms. The molecule has 0 bridgehead atoms. The number of nitrogens with zero attached hydrogens (tertiary/aromatic N) is 1. The van der Waals surface area contributed by atoms with E-state index in [4.69, 9.17) is 14.3 Å². The van der Waals surface area contributed by atoms with E-state index in [0.29, 0.717) is 18.9 Å². The fourth-order valence-corrected chi connectivity index (χ4v) is 1.88. The molecule has 1 aliphatic heterocycles. The Bertz CT molecular complexity index is 412. The van der Waals surface area contributed by atoms with Crippen molar-refractivity contribution in [3.8, 4) is 11.5 Å². The van der Waals surface area contributed by atoms with Crippen molar-refractivity contribution in [1.29, 1.82) is 0 Å². The zero-order valence-corrected chi connectivity index (χ0v) is 11.3. The Morgan fingerprint density at radius 2 is 1.95 bits per heavy atom. The average molecular weight is 265 g/mol. The van der Waals surface area contributed by atoms with Gasteiger partial charge in [0.25, 0.3) is 5.91 Å². The molecule has 0 aromatic heterocycles. The summed E-state index contributed by atoms with van der Waals surface area (Å²) in [6.45, 7) is 2.96. The third-order valence-corrected chi connectivity index (χ3v) is 2.97. The second kappa shape index (κ2) is 6.43. The van der Waals surface area contributed by atoms with Crippen molar-refractivity contribution in [2.24, 2.45) is 0 Å². The van der Waals surface area contributed by atoms with Crippen LogP contribution in [-0.2, 0) is 9.63 Å². The van der Waals surface area contributed by atoms with Crippen molar-refractivity contribution in [2.45, 2.75) is 25.9 Å². The van der Waals surface area contributed by atoms with Gasteiger partial charge in [-0.15, -0.1) is 0 Å². The highest BCUT2D eigenvalue weighted by molar-refractivity contribution is 5.80. The van der Waals surface area contributed by atoms with E-state index in [9.17, 15) is 4.79 Å². The molecule has 1 aromatic rings. The van der Waals surface area contributed by atoms with Gasteiger partial charge in [-0.25, -0.2) is 5.06 Å². The number of rotatable bonds is 4. The van der Waals surface area contributed by atoms with Gasteiger partial charge in [0.15, 0.2) is 6.10 Å². The molecule has 104 valence electrons. The van der Waals surface area contributed by atoms with Crippen molar-refractivity contribution in [1.82, 2.24) is 5.06 Å². The van der Waals surface area contributed by atoms with Crippen molar-refractivity contribution >= 4 is 5.91 Å². The molecule has 1 aromatic carbocycles. The van der Waals surface area contributed by atoms with Gasteiger partial charge in [-0.3, -0.25) is 9.63 Å². The molecule has 2 rings (SSSR count). The quantitative estimate of drug-likeness (QED) is 0.835.